The van der Waals surface area contributed by atoms with Crippen molar-refractivity contribution in [2.75, 3.05) is 6.61 Å². The Balaban J connectivity index is 2.13. The maximum Gasteiger partial charge on any atom is 0.309 e. The van der Waals surface area contributed by atoms with Crippen LogP contribution in [0.2, 0.25) is 0 Å². The number of rotatable bonds is 2. The molecule has 1 fully saturated rings. The van der Waals surface area contributed by atoms with Gasteiger partial charge in [-0.1, -0.05) is 29.3 Å². The first-order valence-corrected chi connectivity index (χ1v) is 5.39. The fourth-order valence-corrected chi connectivity index (χ4v) is 2.19. The molecule has 2 heteroatoms. The second-order valence-electron chi connectivity index (χ2n) is 4.35. The number of carbonyl (C=O) groups is 1. The predicted octanol–water partition coefficient (Wildman–Crippen LogP) is 2.41. The molecule has 15 heavy (non-hydrogen) atoms. The Hall–Kier alpha value is -1.31. The lowest BCUT2D eigenvalue weighted by atomic mass is 9.96. The van der Waals surface area contributed by atoms with Gasteiger partial charge in [0.25, 0.3) is 0 Å². The molecule has 80 valence electrons. The summed E-state index contributed by atoms with van der Waals surface area (Å²) >= 11 is 0. The van der Waals surface area contributed by atoms with Gasteiger partial charge < -0.3 is 4.74 Å². The molecule has 0 aliphatic carbocycles. The lowest BCUT2D eigenvalue weighted by molar-refractivity contribution is -0.141. The summed E-state index contributed by atoms with van der Waals surface area (Å²) < 4.78 is 4.96. The highest BCUT2D eigenvalue weighted by molar-refractivity contribution is 5.74. The molecule has 1 saturated heterocycles. The van der Waals surface area contributed by atoms with Gasteiger partial charge in [0.1, 0.15) is 0 Å². The minimum absolute atomic E-state index is 0.0332. The summed E-state index contributed by atoms with van der Waals surface area (Å²) in [5.41, 5.74) is 3.77. The molecule has 1 aromatic rings. The Labute approximate surface area is 90.3 Å². The highest BCUT2D eigenvalue weighted by Crippen LogP contribution is 2.21. The van der Waals surface area contributed by atoms with Crippen LogP contribution >= 0.6 is 0 Å². The first-order valence-electron chi connectivity index (χ1n) is 5.39. The molecule has 0 aromatic heterocycles. The summed E-state index contributed by atoms with van der Waals surface area (Å²) in [7, 11) is 0. The van der Waals surface area contributed by atoms with Gasteiger partial charge in [-0.15, -0.1) is 0 Å². The Morgan fingerprint density at radius 3 is 2.47 bits per heavy atom. The van der Waals surface area contributed by atoms with Crippen LogP contribution in [0.3, 0.4) is 0 Å². The standard InChI is InChI=1S/C13H16O2/c1-9-5-10(2)7-11(6-9)8-12-3-4-15-13(12)14/h5-7,12H,3-4,8H2,1-2H3. The van der Waals surface area contributed by atoms with Crippen LogP contribution < -0.4 is 0 Å². The second-order valence-corrected chi connectivity index (χ2v) is 4.35. The summed E-state index contributed by atoms with van der Waals surface area (Å²) in [6, 6.07) is 6.45. The van der Waals surface area contributed by atoms with E-state index in [1.165, 1.54) is 16.7 Å². The minimum atomic E-state index is -0.0332. The first kappa shape index (κ1) is 10.2. The number of carbonyl (C=O) groups excluding carboxylic acids is 1. The highest BCUT2D eigenvalue weighted by atomic mass is 16.5. The Bertz CT molecular complexity index is 362. The van der Waals surface area contributed by atoms with Crippen LogP contribution in [-0.4, -0.2) is 12.6 Å². The van der Waals surface area contributed by atoms with E-state index >= 15 is 0 Å². The molecule has 2 rings (SSSR count). The molecule has 1 aliphatic heterocycles. The Kier molecular flexibility index (Phi) is 2.76. The maximum atomic E-state index is 11.3. The maximum absolute atomic E-state index is 11.3. The summed E-state index contributed by atoms with van der Waals surface area (Å²) in [5.74, 6) is 0.0420. The van der Waals surface area contributed by atoms with Crippen LogP contribution in [0.5, 0.6) is 0 Å². The third-order valence-corrected chi connectivity index (χ3v) is 2.81. The third-order valence-electron chi connectivity index (χ3n) is 2.81. The molecule has 1 aromatic carbocycles. The molecular weight excluding hydrogens is 188 g/mol. The number of hydrogen-bond donors (Lipinski definition) is 0. The fraction of sp³-hybridized carbons (Fsp3) is 0.462. The molecule has 0 amide bonds. The van der Waals surface area contributed by atoms with Crippen LogP contribution in [0.4, 0.5) is 0 Å². The smallest absolute Gasteiger partial charge is 0.309 e. The van der Waals surface area contributed by atoms with E-state index in [0.29, 0.717) is 6.61 Å². The number of esters is 1. The van der Waals surface area contributed by atoms with E-state index in [9.17, 15) is 4.79 Å². The molecule has 1 atom stereocenters. The number of ether oxygens (including phenoxy) is 1. The van der Waals surface area contributed by atoms with E-state index in [1.807, 2.05) is 0 Å². The van der Waals surface area contributed by atoms with Crippen molar-refractivity contribution in [3.05, 3.63) is 34.9 Å². The van der Waals surface area contributed by atoms with E-state index in [0.717, 1.165) is 12.8 Å². The summed E-state index contributed by atoms with van der Waals surface area (Å²) in [6.07, 6.45) is 1.69. The molecule has 0 radical (unpaired) electrons. The lowest BCUT2D eigenvalue weighted by Gasteiger charge is -2.07. The molecule has 1 unspecified atom stereocenters. The van der Waals surface area contributed by atoms with Gasteiger partial charge in [-0.25, -0.2) is 0 Å². The van der Waals surface area contributed by atoms with Gasteiger partial charge in [-0.05, 0) is 32.3 Å². The van der Waals surface area contributed by atoms with E-state index in [4.69, 9.17) is 4.74 Å². The first-order chi connectivity index (χ1) is 7.15. The average Bonchev–Trinajstić information content (AvgIpc) is 2.50. The van der Waals surface area contributed by atoms with Crippen LogP contribution in [0.15, 0.2) is 18.2 Å². The summed E-state index contributed by atoms with van der Waals surface area (Å²) in [4.78, 5) is 11.3. The van der Waals surface area contributed by atoms with E-state index in [1.54, 1.807) is 0 Å². The Morgan fingerprint density at radius 2 is 1.93 bits per heavy atom. The SMILES string of the molecule is Cc1cc(C)cc(CC2CCOC2=O)c1. The van der Waals surface area contributed by atoms with Gasteiger partial charge in [-0.3, -0.25) is 4.79 Å². The molecule has 0 N–H and O–H groups in total. The van der Waals surface area contributed by atoms with E-state index in [-0.39, 0.29) is 11.9 Å². The molecule has 0 saturated carbocycles. The van der Waals surface area contributed by atoms with E-state index < -0.39 is 0 Å². The van der Waals surface area contributed by atoms with Gasteiger partial charge >= 0.3 is 5.97 Å². The molecule has 0 bridgehead atoms. The quantitative estimate of drug-likeness (QED) is 0.691. The number of cyclic esters (lactones) is 1. The monoisotopic (exact) mass is 204 g/mol. The predicted molar refractivity (Wildman–Crippen MR) is 58.7 cm³/mol. The molecular formula is C13H16O2. The van der Waals surface area contributed by atoms with Crippen LogP contribution in [0.25, 0.3) is 0 Å². The van der Waals surface area contributed by atoms with Gasteiger partial charge in [0.2, 0.25) is 0 Å². The zero-order chi connectivity index (χ0) is 10.8. The van der Waals surface area contributed by atoms with Crippen LogP contribution in [0.1, 0.15) is 23.1 Å². The van der Waals surface area contributed by atoms with E-state index in [2.05, 4.69) is 32.0 Å². The average molecular weight is 204 g/mol. The van der Waals surface area contributed by atoms with Crippen molar-refractivity contribution in [1.82, 2.24) is 0 Å². The lowest BCUT2D eigenvalue weighted by Crippen LogP contribution is -2.10. The topological polar surface area (TPSA) is 26.3 Å². The third kappa shape index (κ3) is 2.38. The highest BCUT2D eigenvalue weighted by Gasteiger charge is 2.26. The van der Waals surface area contributed by atoms with Crippen molar-refractivity contribution < 1.29 is 9.53 Å². The van der Waals surface area contributed by atoms with Crippen LogP contribution in [-0.2, 0) is 16.0 Å². The van der Waals surface area contributed by atoms with Gasteiger partial charge in [0.15, 0.2) is 0 Å². The normalized spacial score (nSPS) is 20.4. The van der Waals surface area contributed by atoms with Crippen molar-refractivity contribution in [2.24, 2.45) is 5.92 Å². The second kappa shape index (κ2) is 4.05. The Morgan fingerprint density at radius 1 is 1.27 bits per heavy atom. The molecule has 0 spiro atoms. The zero-order valence-corrected chi connectivity index (χ0v) is 9.25. The van der Waals surface area contributed by atoms with Gasteiger partial charge in [0, 0.05) is 0 Å². The van der Waals surface area contributed by atoms with Crippen molar-refractivity contribution in [3.8, 4) is 0 Å². The van der Waals surface area contributed by atoms with Crippen molar-refractivity contribution in [1.29, 1.82) is 0 Å². The van der Waals surface area contributed by atoms with Crippen molar-refractivity contribution in [3.63, 3.8) is 0 Å². The number of hydrogen-bond acceptors (Lipinski definition) is 2. The largest absolute Gasteiger partial charge is 0.465 e. The van der Waals surface area contributed by atoms with Crippen molar-refractivity contribution in [2.45, 2.75) is 26.7 Å². The van der Waals surface area contributed by atoms with Crippen molar-refractivity contribution >= 4 is 5.97 Å². The van der Waals surface area contributed by atoms with Gasteiger partial charge in [-0.2, -0.15) is 0 Å². The summed E-state index contributed by atoms with van der Waals surface area (Å²) in [5, 5.41) is 0. The fourth-order valence-electron chi connectivity index (χ4n) is 2.19. The molecule has 2 nitrogen and oxygen atoms in total. The molecule has 1 aliphatic rings. The zero-order valence-electron chi connectivity index (χ0n) is 9.25. The number of aryl methyl sites for hydroxylation is 2. The van der Waals surface area contributed by atoms with Crippen LogP contribution in [0, 0.1) is 19.8 Å². The molecule has 1 heterocycles. The minimum Gasteiger partial charge on any atom is -0.465 e. The van der Waals surface area contributed by atoms with Gasteiger partial charge in [0.05, 0.1) is 12.5 Å². The number of benzene rings is 1. The summed E-state index contributed by atoms with van der Waals surface area (Å²) in [6.45, 7) is 4.77.